The number of hydrogen-bond acceptors (Lipinski definition) is 4. The monoisotopic (exact) mass is 301 g/mol. The maximum atomic E-state index is 11.1. The lowest BCUT2D eigenvalue weighted by Gasteiger charge is -2.10. The van der Waals surface area contributed by atoms with Gasteiger partial charge >= 0.3 is 5.97 Å². The van der Waals surface area contributed by atoms with E-state index >= 15 is 0 Å². The van der Waals surface area contributed by atoms with Gasteiger partial charge in [-0.25, -0.2) is 9.50 Å². The molecule has 0 aliphatic carbocycles. The van der Waals surface area contributed by atoms with Crippen LogP contribution in [0.1, 0.15) is 21.6 Å². The molecule has 0 bridgehead atoms. The Bertz CT molecular complexity index is 848. The molecule has 0 aliphatic rings. The highest BCUT2D eigenvalue weighted by Crippen LogP contribution is 2.34. The SMILES string of the molecule is Cc1cc(C)c(-c2c(CC(=O)O)sc3ncnn23)cc1C. The molecule has 0 atom stereocenters. The first kappa shape index (κ1) is 13.8. The third kappa shape index (κ3) is 2.31. The number of benzene rings is 1. The van der Waals surface area contributed by atoms with Crippen molar-refractivity contribution in [3.8, 4) is 11.3 Å². The van der Waals surface area contributed by atoms with Crippen LogP contribution in [0, 0.1) is 20.8 Å². The van der Waals surface area contributed by atoms with Gasteiger partial charge in [0.25, 0.3) is 0 Å². The van der Waals surface area contributed by atoms with Crippen molar-refractivity contribution in [3.63, 3.8) is 0 Å². The zero-order valence-electron chi connectivity index (χ0n) is 12.0. The van der Waals surface area contributed by atoms with E-state index in [1.807, 2.05) is 6.92 Å². The molecule has 3 rings (SSSR count). The summed E-state index contributed by atoms with van der Waals surface area (Å²) in [7, 11) is 0. The molecule has 2 aromatic heterocycles. The van der Waals surface area contributed by atoms with Gasteiger partial charge in [0.2, 0.25) is 4.96 Å². The summed E-state index contributed by atoms with van der Waals surface area (Å²) in [6.45, 7) is 6.16. The zero-order chi connectivity index (χ0) is 15.1. The number of aromatic nitrogens is 3. The quantitative estimate of drug-likeness (QED) is 0.807. The Labute approximate surface area is 125 Å². The second-order valence-electron chi connectivity index (χ2n) is 5.15. The smallest absolute Gasteiger partial charge is 0.308 e. The van der Waals surface area contributed by atoms with Crippen LogP contribution in [0.5, 0.6) is 0 Å². The van der Waals surface area contributed by atoms with E-state index in [4.69, 9.17) is 5.11 Å². The molecule has 1 aromatic carbocycles. The number of carbonyl (C=O) groups is 1. The maximum absolute atomic E-state index is 11.1. The lowest BCUT2D eigenvalue weighted by molar-refractivity contribution is -0.136. The molecule has 0 saturated carbocycles. The first-order valence-electron chi connectivity index (χ1n) is 6.59. The van der Waals surface area contributed by atoms with Crippen LogP contribution in [0.3, 0.4) is 0 Å². The molecule has 0 unspecified atom stereocenters. The minimum Gasteiger partial charge on any atom is -0.481 e. The number of aliphatic carboxylic acids is 1. The lowest BCUT2D eigenvalue weighted by atomic mass is 9.98. The Hall–Kier alpha value is -2.21. The fourth-order valence-corrected chi connectivity index (χ4v) is 3.50. The van der Waals surface area contributed by atoms with Crippen molar-refractivity contribution in [2.75, 3.05) is 0 Å². The molecule has 0 fully saturated rings. The highest BCUT2D eigenvalue weighted by Gasteiger charge is 2.19. The van der Waals surface area contributed by atoms with Crippen molar-refractivity contribution in [2.45, 2.75) is 27.2 Å². The van der Waals surface area contributed by atoms with Gasteiger partial charge in [0.05, 0.1) is 12.1 Å². The summed E-state index contributed by atoms with van der Waals surface area (Å²) in [6.07, 6.45) is 1.48. The first-order chi connectivity index (χ1) is 9.97. The van der Waals surface area contributed by atoms with Gasteiger partial charge in [0.1, 0.15) is 6.33 Å². The topological polar surface area (TPSA) is 67.5 Å². The third-order valence-corrected chi connectivity index (χ3v) is 4.66. The Morgan fingerprint density at radius 3 is 2.67 bits per heavy atom. The van der Waals surface area contributed by atoms with Crippen LogP contribution in [-0.2, 0) is 11.2 Å². The molecule has 0 amide bonds. The first-order valence-corrected chi connectivity index (χ1v) is 7.40. The third-order valence-electron chi connectivity index (χ3n) is 3.61. The van der Waals surface area contributed by atoms with Gasteiger partial charge in [-0.15, -0.1) is 0 Å². The van der Waals surface area contributed by atoms with Crippen LogP contribution in [-0.4, -0.2) is 25.7 Å². The zero-order valence-corrected chi connectivity index (χ0v) is 12.9. The number of fused-ring (bicyclic) bond motifs is 1. The van der Waals surface area contributed by atoms with Gasteiger partial charge in [-0.05, 0) is 43.5 Å². The van der Waals surface area contributed by atoms with Gasteiger partial charge < -0.3 is 5.11 Å². The predicted octanol–water partition coefficient (Wildman–Crippen LogP) is 3.01. The van der Waals surface area contributed by atoms with Crippen LogP contribution in [0.4, 0.5) is 0 Å². The molecule has 2 heterocycles. The van der Waals surface area contributed by atoms with Crippen LogP contribution < -0.4 is 0 Å². The van der Waals surface area contributed by atoms with E-state index in [2.05, 4.69) is 36.1 Å². The van der Waals surface area contributed by atoms with Crippen molar-refractivity contribution in [1.29, 1.82) is 0 Å². The molecule has 21 heavy (non-hydrogen) atoms. The van der Waals surface area contributed by atoms with Crippen molar-refractivity contribution in [1.82, 2.24) is 14.6 Å². The summed E-state index contributed by atoms with van der Waals surface area (Å²) in [4.78, 5) is 16.8. The molecule has 0 spiro atoms. The van der Waals surface area contributed by atoms with Gasteiger partial charge in [0, 0.05) is 10.4 Å². The number of carboxylic acid groups (broad SMARTS) is 1. The fourth-order valence-electron chi connectivity index (χ4n) is 2.47. The number of nitrogens with zero attached hydrogens (tertiary/aromatic N) is 3. The highest BCUT2D eigenvalue weighted by molar-refractivity contribution is 7.17. The summed E-state index contributed by atoms with van der Waals surface area (Å²) in [5.41, 5.74) is 5.37. The Balaban J connectivity index is 2.29. The van der Waals surface area contributed by atoms with Crippen LogP contribution in [0.25, 0.3) is 16.2 Å². The molecule has 6 heteroatoms. The second-order valence-corrected chi connectivity index (χ2v) is 6.21. The minimum atomic E-state index is -0.845. The number of thiazole rings is 1. The lowest BCUT2D eigenvalue weighted by Crippen LogP contribution is -2.02. The molecule has 0 saturated heterocycles. The Morgan fingerprint density at radius 2 is 1.95 bits per heavy atom. The summed E-state index contributed by atoms with van der Waals surface area (Å²) in [5.74, 6) is -0.845. The highest BCUT2D eigenvalue weighted by atomic mass is 32.1. The van der Waals surface area contributed by atoms with Gasteiger partial charge in [0.15, 0.2) is 0 Å². The molecular formula is C15H15N3O2S. The fraction of sp³-hybridized carbons (Fsp3) is 0.267. The summed E-state index contributed by atoms with van der Waals surface area (Å²) < 4.78 is 1.74. The normalized spacial score (nSPS) is 11.2. The minimum absolute atomic E-state index is 0.0165. The molecular weight excluding hydrogens is 286 g/mol. The Kier molecular flexibility index (Phi) is 3.25. The van der Waals surface area contributed by atoms with Crippen molar-refractivity contribution >= 4 is 22.3 Å². The number of aryl methyl sites for hydroxylation is 3. The van der Waals surface area contributed by atoms with Crippen LogP contribution >= 0.6 is 11.3 Å². The van der Waals surface area contributed by atoms with E-state index in [0.29, 0.717) is 0 Å². The van der Waals surface area contributed by atoms with Crippen molar-refractivity contribution in [2.24, 2.45) is 0 Å². The largest absolute Gasteiger partial charge is 0.481 e. The molecule has 3 aromatic rings. The Morgan fingerprint density at radius 1 is 1.24 bits per heavy atom. The van der Waals surface area contributed by atoms with E-state index < -0.39 is 5.97 Å². The van der Waals surface area contributed by atoms with Crippen molar-refractivity contribution < 1.29 is 9.90 Å². The number of hydrogen-bond donors (Lipinski definition) is 1. The second kappa shape index (κ2) is 4.96. The molecule has 0 aliphatic heterocycles. The van der Waals surface area contributed by atoms with E-state index in [9.17, 15) is 4.79 Å². The van der Waals surface area contributed by atoms with Gasteiger partial charge in [-0.2, -0.15) is 5.10 Å². The average Bonchev–Trinajstić information content (AvgIpc) is 2.94. The molecule has 108 valence electrons. The molecule has 5 nitrogen and oxygen atoms in total. The van der Waals surface area contributed by atoms with E-state index in [-0.39, 0.29) is 6.42 Å². The van der Waals surface area contributed by atoms with E-state index in [1.165, 1.54) is 28.8 Å². The molecule has 1 N–H and O–H groups in total. The van der Waals surface area contributed by atoms with Gasteiger partial charge in [-0.3, -0.25) is 4.79 Å². The van der Waals surface area contributed by atoms with E-state index in [0.717, 1.165) is 26.7 Å². The summed E-state index contributed by atoms with van der Waals surface area (Å²) in [6, 6.07) is 4.22. The van der Waals surface area contributed by atoms with Crippen molar-refractivity contribution in [3.05, 3.63) is 40.0 Å². The molecule has 0 radical (unpaired) electrons. The standard InChI is InChI=1S/C15H15N3O2S/c1-8-4-10(3)11(5-9(8)2)14-12(6-13(19)20)21-15-16-7-17-18(14)15/h4-5,7H,6H2,1-3H3,(H,19,20). The summed E-state index contributed by atoms with van der Waals surface area (Å²) in [5, 5.41) is 13.4. The van der Waals surface area contributed by atoms with E-state index in [1.54, 1.807) is 4.52 Å². The predicted molar refractivity (Wildman–Crippen MR) is 81.9 cm³/mol. The van der Waals surface area contributed by atoms with Crippen LogP contribution in [0.15, 0.2) is 18.5 Å². The van der Waals surface area contributed by atoms with Crippen LogP contribution in [0.2, 0.25) is 0 Å². The number of rotatable bonds is 3. The number of carboxylic acids is 1. The maximum Gasteiger partial charge on any atom is 0.308 e. The van der Waals surface area contributed by atoms with Gasteiger partial charge in [-0.1, -0.05) is 17.4 Å². The average molecular weight is 301 g/mol. The summed E-state index contributed by atoms with van der Waals surface area (Å²) >= 11 is 1.38.